The monoisotopic (exact) mass is 247 g/mol. The summed E-state index contributed by atoms with van der Waals surface area (Å²) >= 11 is 0. The normalized spacial score (nSPS) is 11.8. The number of ether oxygens (including phenoxy) is 1. The van der Waals surface area contributed by atoms with E-state index in [9.17, 15) is 13.2 Å². The Morgan fingerprint density at radius 3 is 2.53 bits per heavy atom. The standard InChI is InChI=1S/C12H16F3NO/c13-12(14,15)5-2-6-17-9-11-4-1-3-10(7-11)8-16/h1,3-4,7H,2,5-6,8-9,16H2. The summed E-state index contributed by atoms with van der Waals surface area (Å²) < 4.78 is 40.7. The fourth-order valence-corrected chi connectivity index (χ4v) is 1.41. The van der Waals surface area contributed by atoms with Crippen LogP contribution in [0.1, 0.15) is 24.0 Å². The highest BCUT2D eigenvalue weighted by Gasteiger charge is 2.25. The largest absolute Gasteiger partial charge is 0.389 e. The van der Waals surface area contributed by atoms with E-state index >= 15 is 0 Å². The molecule has 1 aromatic rings. The second-order valence-corrected chi connectivity index (χ2v) is 3.80. The van der Waals surface area contributed by atoms with Crippen molar-refractivity contribution in [1.82, 2.24) is 0 Å². The van der Waals surface area contributed by atoms with Crippen LogP contribution >= 0.6 is 0 Å². The Balaban J connectivity index is 2.22. The van der Waals surface area contributed by atoms with E-state index in [4.69, 9.17) is 10.5 Å². The first kappa shape index (κ1) is 14.0. The van der Waals surface area contributed by atoms with E-state index in [1.54, 1.807) is 0 Å². The Hall–Kier alpha value is -1.07. The molecule has 0 aliphatic rings. The van der Waals surface area contributed by atoms with Gasteiger partial charge in [0.25, 0.3) is 0 Å². The van der Waals surface area contributed by atoms with Crippen molar-refractivity contribution in [1.29, 1.82) is 0 Å². The molecule has 0 atom stereocenters. The topological polar surface area (TPSA) is 35.2 Å². The first-order chi connectivity index (χ1) is 8.01. The van der Waals surface area contributed by atoms with Crippen LogP contribution in [0.2, 0.25) is 0 Å². The molecule has 1 aromatic carbocycles. The molecular weight excluding hydrogens is 231 g/mol. The Labute approximate surface area is 98.6 Å². The highest BCUT2D eigenvalue weighted by Crippen LogP contribution is 2.21. The molecule has 2 N–H and O–H groups in total. The predicted molar refractivity (Wildman–Crippen MR) is 59.3 cm³/mol. The van der Waals surface area contributed by atoms with Crippen LogP contribution in [-0.4, -0.2) is 12.8 Å². The third kappa shape index (κ3) is 6.28. The van der Waals surface area contributed by atoms with E-state index in [1.165, 1.54) is 0 Å². The van der Waals surface area contributed by atoms with E-state index in [2.05, 4.69) is 0 Å². The maximum atomic E-state index is 11.8. The van der Waals surface area contributed by atoms with Crippen molar-refractivity contribution in [3.8, 4) is 0 Å². The van der Waals surface area contributed by atoms with Gasteiger partial charge in [0.05, 0.1) is 6.61 Å². The van der Waals surface area contributed by atoms with Gasteiger partial charge in [0.1, 0.15) is 0 Å². The summed E-state index contributed by atoms with van der Waals surface area (Å²) in [5, 5.41) is 0. The summed E-state index contributed by atoms with van der Waals surface area (Å²) in [5.74, 6) is 0. The van der Waals surface area contributed by atoms with Gasteiger partial charge in [-0.2, -0.15) is 13.2 Å². The van der Waals surface area contributed by atoms with Crippen LogP contribution in [0.4, 0.5) is 13.2 Å². The molecule has 0 radical (unpaired) electrons. The van der Waals surface area contributed by atoms with Gasteiger partial charge in [-0.1, -0.05) is 24.3 Å². The quantitative estimate of drug-likeness (QED) is 0.784. The van der Waals surface area contributed by atoms with Crippen LogP contribution in [0.5, 0.6) is 0 Å². The van der Waals surface area contributed by atoms with Crippen molar-refractivity contribution >= 4 is 0 Å². The molecule has 0 unspecified atom stereocenters. The van der Waals surface area contributed by atoms with E-state index in [0.717, 1.165) is 11.1 Å². The zero-order valence-corrected chi connectivity index (χ0v) is 9.46. The molecule has 1 rings (SSSR count). The van der Waals surface area contributed by atoms with Crippen LogP contribution < -0.4 is 5.73 Å². The zero-order chi connectivity index (χ0) is 12.7. The van der Waals surface area contributed by atoms with Crippen molar-refractivity contribution in [3.63, 3.8) is 0 Å². The number of hydrogen-bond acceptors (Lipinski definition) is 2. The van der Waals surface area contributed by atoms with Crippen LogP contribution in [0.25, 0.3) is 0 Å². The van der Waals surface area contributed by atoms with Crippen molar-refractivity contribution in [2.75, 3.05) is 6.61 Å². The zero-order valence-electron chi connectivity index (χ0n) is 9.46. The Morgan fingerprint density at radius 2 is 1.88 bits per heavy atom. The average Bonchev–Trinajstić information content (AvgIpc) is 2.27. The lowest BCUT2D eigenvalue weighted by atomic mass is 10.1. The van der Waals surface area contributed by atoms with Gasteiger partial charge in [-0.25, -0.2) is 0 Å². The van der Waals surface area contributed by atoms with Gasteiger partial charge in [-0.05, 0) is 17.5 Å². The molecule has 2 nitrogen and oxygen atoms in total. The number of rotatable bonds is 6. The minimum absolute atomic E-state index is 0.0000790. The lowest BCUT2D eigenvalue weighted by Gasteiger charge is -2.07. The van der Waals surface area contributed by atoms with Gasteiger partial charge in [-0.15, -0.1) is 0 Å². The molecule has 0 aliphatic carbocycles. The molecule has 0 spiro atoms. The summed E-state index contributed by atoms with van der Waals surface area (Å²) in [6, 6.07) is 7.51. The number of benzene rings is 1. The van der Waals surface area contributed by atoms with Crippen LogP contribution in [0.15, 0.2) is 24.3 Å². The number of hydrogen-bond donors (Lipinski definition) is 1. The molecular formula is C12H16F3NO. The van der Waals surface area contributed by atoms with E-state index < -0.39 is 12.6 Å². The summed E-state index contributed by atoms with van der Waals surface area (Å²) in [5.41, 5.74) is 7.40. The molecule has 0 saturated heterocycles. The van der Waals surface area contributed by atoms with Gasteiger partial charge >= 0.3 is 6.18 Å². The minimum Gasteiger partial charge on any atom is -0.377 e. The fourth-order valence-electron chi connectivity index (χ4n) is 1.41. The molecule has 0 saturated carbocycles. The molecule has 0 aliphatic heterocycles. The molecule has 0 fully saturated rings. The van der Waals surface area contributed by atoms with Gasteiger partial charge in [-0.3, -0.25) is 0 Å². The second kappa shape index (κ2) is 6.61. The molecule has 0 amide bonds. The van der Waals surface area contributed by atoms with Crippen molar-refractivity contribution < 1.29 is 17.9 Å². The molecule has 0 bridgehead atoms. The molecule has 17 heavy (non-hydrogen) atoms. The molecule has 0 heterocycles. The van der Waals surface area contributed by atoms with Crippen molar-refractivity contribution in [2.24, 2.45) is 5.73 Å². The number of halogens is 3. The fraction of sp³-hybridized carbons (Fsp3) is 0.500. The summed E-state index contributed by atoms with van der Waals surface area (Å²) in [4.78, 5) is 0. The van der Waals surface area contributed by atoms with Crippen molar-refractivity contribution in [2.45, 2.75) is 32.2 Å². The van der Waals surface area contributed by atoms with E-state index in [-0.39, 0.29) is 13.0 Å². The Bertz CT molecular complexity index is 339. The minimum atomic E-state index is -4.09. The van der Waals surface area contributed by atoms with Gasteiger partial charge < -0.3 is 10.5 Å². The highest BCUT2D eigenvalue weighted by molar-refractivity contribution is 5.22. The van der Waals surface area contributed by atoms with E-state index in [0.29, 0.717) is 13.2 Å². The predicted octanol–water partition coefficient (Wildman–Crippen LogP) is 3.00. The lowest BCUT2D eigenvalue weighted by Crippen LogP contribution is -2.08. The number of nitrogens with two attached hydrogens (primary N) is 1. The molecule has 0 aromatic heterocycles. The highest BCUT2D eigenvalue weighted by atomic mass is 19.4. The average molecular weight is 247 g/mol. The first-order valence-corrected chi connectivity index (χ1v) is 5.43. The maximum absolute atomic E-state index is 11.8. The third-order valence-electron chi connectivity index (χ3n) is 2.24. The Morgan fingerprint density at radius 1 is 1.18 bits per heavy atom. The SMILES string of the molecule is NCc1cccc(COCCCC(F)(F)F)c1. The molecule has 5 heteroatoms. The molecule has 96 valence electrons. The van der Waals surface area contributed by atoms with Crippen molar-refractivity contribution in [3.05, 3.63) is 35.4 Å². The third-order valence-corrected chi connectivity index (χ3v) is 2.24. The number of alkyl halides is 3. The Kier molecular flexibility index (Phi) is 5.44. The van der Waals surface area contributed by atoms with E-state index in [1.807, 2.05) is 24.3 Å². The van der Waals surface area contributed by atoms with Gasteiger partial charge in [0.2, 0.25) is 0 Å². The summed E-state index contributed by atoms with van der Waals surface area (Å²) in [6.45, 7) is 0.889. The van der Waals surface area contributed by atoms with Crippen LogP contribution in [-0.2, 0) is 17.9 Å². The van der Waals surface area contributed by atoms with Gasteiger partial charge in [0, 0.05) is 19.6 Å². The lowest BCUT2D eigenvalue weighted by molar-refractivity contribution is -0.138. The smallest absolute Gasteiger partial charge is 0.377 e. The van der Waals surface area contributed by atoms with Crippen LogP contribution in [0, 0.1) is 0 Å². The van der Waals surface area contributed by atoms with Crippen LogP contribution in [0.3, 0.4) is 0 Å². The first-order valence-electron chi connectivity index (χ1n) is 5.43. The summed E-state index contributed by atoms with van der Waals surface area (Å²) in [7, 11) is 0. The summed E-state index contributed by atoms with van der Waals surface area (Å²) in [6.07, 6.45) is -4.89. The maximum Gasteiger partial charge on any atom is 0.389 e. The second-order valence-electron chi connectivity index (χ2n) is 3.80. The van der Waals surface area contributed by atoms with Gasteiger partial charge in [0.15, 0.2) is 0 Å².